The van der Waals surface area contributed by atoms with Gasteiger partial charge in [0.1, 0.15) is 5.82 Å². The van der Waals surface area contributed by atoms with Gasteiger partial charge in [-0.15, -0.1) is 0 Å². The molecule has 0 amide bonds. The number of hydrogen-bond donors (Lipinski definition) is 0. The van der Waals surface area contributed by atoms with Gasteiger partial charge in [0.25, 0.3) is 6.47 Å². The predicted molar refractivity (Wildman–Crippen MR) is 99.9 cm³/mol. The van der Waals surface area contributed by atoms with Crippen LogP contribution in [0.1, 0.15) is 0 Å². The molecule has 2 heterocycles. The molecule has 136 valence electrons. The normalized spacial score (nSPS) is 9.96. The Morgan fingerprint density at radius 2 is 1.85 bits per heavy atom. The van der Waals surface area contributed by atoms with Crippen LogP contribution in [-0.4, -0.2) is 21.0 Å². The van der Waals surface area contributed by atoms with E-state index in [1.807, 2.05) is 59.2 Å². The zero-order valence-corrected chi connectivity index (χ0v) is 16.9. The Hall–Kier alpha value is -2.23. The quantitative estimate of drug-likeness (QED) is 0.278. The van der Waals surface area contributed by atoms with Crippen LogP contribution in [-0.2, 0) is 35.0 Å². The van der Waals surface area contributed by atoms with Crippen LogP contribution in [0.4, 0.5) is 0 Å². The first kappa shape index (κ1) is 20.1. The first-order chi connectivity index (χ1) is 12.4. The molecule has 4 rings (SSSR count). The van der Waals surface area contributed by atoms with Crippen LogP contribution in [0.15, 0.2) is 60.8 Å². The van der Waals surface area contributed by atoms with Crippen LogP contribution in [0.3, 0.4) is 0 Å². The number of nitrogens with zero attached hydrogens (tertiary/aromatic N) is 3. The fourth-order valence-electron chi connectivity index (χ4n) is 2.80. The van der Waals surface area contributed by atoms with Crippen molar-refractivity contribution in [1.82, 2.24) is 14.5 Å². The maximum absolute atomic E-state index is 10.6. The molecule has 5 nitrogen and oxygen atoms in total. The Morgan fingerprint density at radius 1 is 1.08 bits per heavy atom. The van der Waals surface area contributed by atoms with Crippen molar-refractivity contribution in [3.8, 4) is 11.4 Å². The van der Waals surface area contributed by atoms with Gasteiger partial charge in [-0.3, -0.25) is 14.3 Å². The van der Waals surface area contributed by atoms with Crippen LogP contribution < -0.4 is 0 Å². The summed E-state index contributed by atoms with van der Waals surface area (Å²) in [7, 11) is 4.61. The molecule has 0 aliphatic rings. The van der Waals surface area contributed by atoms with Crippen molar-refractivity contribution in [2.24, 2.45) is 0 Å². The molecular weight excluding hydrogens is 533 g/mol. The van der Waals surface area contributed by atoms with Gasteiger partial charge in [-0.1, -0.05) is 30.3 Å². The Morgan fingerprint density at radius 3 is 2.65 bits per heavy atom. The van der Waals surface area contributed by atoms with Crippen molar-refractivity contribution in [3.05, 3.63) is 68.2 Å². The van der Waals surface area contributed by atoms with Crippen molar-refractivity contribution in [1.29, 1.82) is 0 Å². The molecule has 0 atom stereocenters. The second-order valence-electron chi connectivity index (χ2n) is 5.12. The van der Waals surface area contributed by atoms with Gasteiger partial charge in [-0.2, -0.15) is 0 Å². The SMILES string of the molecule is O=COCn1c(-c2cccc3cccnc23)nc2ccccc21.[CH3-].[Cl][Pt+]. The first-order valence-electron chi connectivity index (χ1n) is 7.35. The summed E-state index contributed by atoms with van der Waals surface area (Å²) in [5.41, 5.74) is 3.55. The number of ether oxygens (including phenoxy) is 1. The summed E-state index contributed by atoms with van der Waals surface area (Å²) in [6, 6.07) is 17.7. The van der Waals surface area contributed by atoms with E-state index in [9.17, 15) is 4.79 Å². The Balaban J connectivity index is 0.000000784. The van der Waals surface area contributed by atoms with Gasteiger partial charge in [0.15, 0.2) is 6.73 Å². The Labute approximate surface area is 166 Å². The van der Waals surface area contributed by atoms with Gasteiger partial charge >= 0.3 is 28.2 Å². The molecule has 0 aliphatic heterocycles. The second-order valence-corrected chi connectivity index (χ2v) is 5.12. The van der Waals surface area contributed by atoms with E-state index in [-0.39, 0.29) is 14.2 Å². The Bertz CT molecular complexity index is 1010. The van der Waals surface area contributed by atoms with E-state index in [0.29, 0.717) is 6.47 Å². The number of carbonyl (C=O) groups excluding carboxylic acids is 1. The Kier molecular flexibility index (Phi) is 7.31. The summed E-state index contributed by atoms with van der Waals surface area (Å²) in [5.74, 6) is 0.734. The zero-order valence-electron chi connectivity index (χ0n) is 13.9. The van der Waals surface area contributed by atoms with Crippen LogP contribution in [0.2, 0.25) is 0 Å². The van der Waals surface area contributed by atoms with Crippen molar-refractivity contribution in [3.63, 3.8) is 0 Å². The first-order valence-corrected chi connectivity index (χ1v) is 10.2. The molecule has 4 aromatic rings. The van der Waals surface area contributed by atoms with Gasteiger partial charge < -0.3 is 12.2 Å². The third kappa shape index (κ3) is 3.79. The van der Waals surface area contributed by atoms with Crippen LogP contribution >= 0.6 is 9.42 Å². The summed E-state index contributed by atoms with van der Waals surface area (Å²) in [6.45, 7) is 0.558. The van der Waals surface area contributed by atoms with Crippen LogP contribution in [0.25, 0.3) is 33.3 Å². The zero-order chi connectivity index (χ0) is 17.6. The number of para-hydroxylation sites is 3. The van der Waals surface area contributed by atoms with Crippen LogP contribution in [0.5, 0.6) is 0 Å². The minimum absolute atomic E-state index is 0. The summed E-state index contributed by atoms with van der Waals surface area (Å²) in [4.78, 5) is 19.8. The molecule has 0 N–H and O–H groups in total. The van der Waals surface area contributed by atoms with Gasteiger partial charge in [-0.25, -0.2) is 4.98 Å². The number of fused-ring (bicyclic) bond motifs is 2. The van der Waals surface area contributed by atoms with E-state index < -0.39 is 0 Å². The molecule has 0 saturated heterocycles. The topological polar surface area (TPSA) is 57.0 Å². The molecule has 0 saturated carbocycles. The number of aromatic nitrogens is 3. The fraction of sp³-hybridized carbons (Fsp3) is 0.0526. The third-order valence-electron chi connectivity index (χ3n) is 3.80. The molecule has 2 aromatic carbocycles. The molecule has 26 heavy (non-hydrogen) atoms. The fourth-order valence-corrected chi connectivity index (χ4v) is 2.80. The van der Waals surface area contributed by atoms with Gasteiger partial charge in [0.05, 0.1) is 16.6 Å². The molecule has 0 fully saturated rings. The van der Waals surface area contributed by atoms with E-state index in [1.54, 1.807) is 25.0 Å². The molecular formula is C19H16ClN3O2Pt. The number of benzene rings is 2. The molecule has 0 aliphatic carbocycles. The molecule has 0 spiro atoms. The molecule has 2 aromatic heterocycles. The van der Waals surface area contributed by atoms with Crippen molar-refractivity contribution >= 4 is 37.8 Å². The van der Waals surface area contributed by atoms with Crippen molar-refractivity contribution in [2.45, 2.75) is 6.73 Å². The summed E-state index contributed by atoms with van der Waals surface area (Å²) < 4.78 is 6.86. The standard InChI is InChI=1S/C18H13N3O2.CH3.ClH.Pt/c22-12-23-11-21-16-9-2-1-8-15(16)20-18(21)14-7-3-5-13-6-4-10-19-17(13)14;;;/h1-10,12H,11H2;1H3;1H;/q;-1;;+2/p-1. The van der Waals surface area contributed by atoms with Crippen molar-refractivity contribution < 1.29 is 28.3 Å². The van der Waals surface area contributed by atoms with Gasteiger partial charge in [0.2, 0.25) is 0 Å². The van der Waals surface area contributed by atoms with E-state index in [4.69, 9.17) is 9.72 Å². The molecule has 0 unspecified atom stereocenters. The number of imidazole rings is 1. The number of halogens is 1. The summed E-state index contributed by atoms with van der Waals surface area (Å²) in [5, 5.41) is 1.04. The molecule has 0 bridgehead atoms. The third-order valence-corrected chi connectivity index (χ3v) is 3.80. The number of carbonyl (C=O) groups is 1. The average Bonchev–Trinajstić information content (AvgIpc) is 3.06. The van der Waals surface area contributed by atoms with Gasteiger partial charge in [0, 0.05) is 17.1 Å². The van der Waals surface area contributed by atoms with Gasteiger partial charge in [-0.05, 0) is 24.3 Å². The van der Waals surface area contributed by atoms with Crippen LogP contribution in [0, 0.1) is 7.43 Å². The number of rotatable bonds is 4. The maximum atomic E-state index is 10.6. The van der Waals surface area contributed by atoms with E-state index >= 15 is 0 Å². The van der Waals surface area contributed by atoms with Crippen molar-refractivity contribution in [2.75, 3.05) is 0 Å². The van der Waals surface area contributed by atoms with E-state index in [0.717, 1.165) is 33.3 Å². The number of hydrogen-bond acceptors (Lipinski definition) is 4. The predicted octanol–water partition coefficient (Wildman–Crippen LogP) is 4.52. The molecule has 7 heteroatoms. The second kappa shape index (κ2) is 9.46. The van der Waals surface area contributed by atoms with E-state index in [2.05, 4.69) is 14.4 Å². The summed E-state index contributed by atoms with van der Waals surface area (Å²) in [6.07, 6.45) is 1.76. The average molecular weight is 549 g/mol. The summed E-state index contributed by atoms with van der Waals surface area (Å²) >= 11 is 1.61. The minimum atomic E-state index is 0. The van der Waals surface area contributed by atoms with E-state index in [1.165, 1.54) is 0 Å². The molecule has 0 radical (unpaired) electrons. The number of pyridine rings is 1. The monoisotopic (exact) mass is 548 g/mol.